The highest BCUT2D eigenvalue weighted by Crippen LogP contribution is 2.45. The van der Waals surface area contributed by atoms with E-state index in [2.05, 4.69) is 37.2 Å². The molecular formula is C31H30N4O3. The zero-order chi connectivity index (χ0) is 26.9. The molecule has 1 atom stereocenters. The molecule has 0 spiro atoms. The van der Waals surface area contributed by atoms with Crippen molar-refractivity contribution in [3.05, 3.63) is 78.1 Å². The Labute approximate surface area is 222 Å². The van der Waals surface area contributed by atoms with Gasteiger partial charge in [0.25, 0.3) is 5.66 Å². The molecule has 0 saturated heterocycles. The highest BCUT2D eigenvalue weighted by molar-refractivity contribution is 5.98. The first kappa shape index (κ1) is 25.1. The summed E-state index contributed by atoms with van der Waals surface area (Å²) in [5, 5.41) is 4.17. The average molecular weight is 507 g/mol. The molecule has 3 aromatic carbocycles. The number of rotatable bonds is 7. The monoisotopic (exact) mass is 506 g/mol. The summed E-state index contributed by atoms with van der Waals surface area (Å²) in [6.45, 7) is 6.48. The molecular weight excluding hydrogens is 476 g/mol. The molecule has 2 heterocycles. The second-order valence-corrected chi connectivity index (χ2v) is 9.48. The van der Waals surface area contributed by atoms with Crippen LogP contribution in [0.15, 0.2) is 66.7 Å². The molecule has 5 rings (SSSR count). The van der Waals surface area contributed by atoms with Gasteiger partial charge in [-0.15, -0.1) is 6.42 Å². The van der Waals surface area contributed by atoms with E-state index >= 15 is 0 Å². The van der Waals surface area contributed by atoms with Gasteiger partial charge in [0.15, 0.2) is 5.82 Å². The second kappa shape index (κ2) is 10.1. The van der Waals surface area contributed by atoms with Gasteiger partial charge in [0.2, 0.25) is 0 Å². The van der Waals surface area contributed by atoms with Crippen LogP contribution >= 0.6 is 0 Å². The number of hydrogen-bond donors (Lipinski definition) is 1. The zero-order valence-electron chi connectivity index (χ0n) is 22.0. The Kier molecular flexibility index (Phi) is 6.64. The zero-order valence-corrected chi connectivity index (χ0v) is 22.0. The maximum atomic E-state index is 13.7. The lowest BCUT2D eigenvalue weighted by Gasteiger charge is -2.34. The first-order valence-electron chi connectivity index (χ1n) is 12.7. The van der Waals surface area contributed by atoms with E-state index in [1.54, 1.807) is 6.92 Å². The quantitative estimate of drug-likeness (QED) is 0.254. The number of likely N-dealkylation sites (N-methyl/N-ethyl adjacent to an activating group) is 1. The number of ether oxygens (including phenoxy) is 2. The second-order valence-electron chi connectivity index (χ2n) is 9.48. The average Bonchev–Trinajstić information content (AvgIpc) is 3.24. The Morgan fingerprint density at radius 1 is 1.11 bits per heavy atom. The minimum absolute atomic E-state index is 0.155. The van der Waals surface area contributed by atoms with Crippen molar-refractivity contribution in [2.75, 3.05) is 30.5 Å². The first-order valence-corrected chi connectivity index (χ1v) is 12.7. The molecule has 0 aliphatic carbocycles. The van der Waals surface area contributed by atoms with E-state index in [9.17, 15) is 4.79 Å². The molecule has 0 saturated carbocycles. The van der Waals surface area contributed by atoms with E-state index in [0.717, 1.165) is 22.3 Å². The third-order valence-corrected chi connectivity index (χ3v) is 6.82. The number of aromatic nitrogens is 2. The summed E-state index contributed by atoms with van der Waals surface area (Å²) in [4.78, 5) is 25.5. The summed E-state index contributed by atoms with van der Waals surface area (Å²) in [6.07, 6.45) is 5.40. The van der Waals surface area contributed by atoms with Gasteiger partial charge in [-0.1, -0.05) is 56.2 Å². The van der Waals surface area contributed by atoms with Crippen molar-refractivity contribution in [1.29, 1.82) is 0 Å². The van der Waals surface area contributed by atoms with Crippen molar-refractivity contribution in [2.45, 2.75) is 32.4 Å². The Balaban J connectivity index is 1.75. The number of nitrogens with zero attached hydrogens (tertiary/aromatic N) is 3. The van der Waals surface area contributed by atoms with E-state index < -0.39 is 11.6 Å². The summed E-state index contributed by atoms with van der Waals surface area (Å²) in [5.74, 6) is 3.33. The van der Waals surface area contributed by atoms with Crippen LogP contribution in [0.2, 0.25) is 0 Å². The number of nitrogens with one attached hydrogen (secondary N) is 1. The molecule has 1 aromatic heterocycles. The molecule has 1 unspecified atom stereocenters. The van der Waals surface area contributed by atoms with Gasteiger partial charge in [0, 0.05) is 18.0 Å². The lowest BCUT2D eigenvalue weighted by Crippen LogP contribution is -2.54. The lowest BCUT2D eigenvalue weighted by atomic mass is 9.99. The normalized spacial score (nSPS) is 16.2. The summed E-state index contributed by atoms with van der Waals surface area (Å²) in [6, 6.07) is 21.6. The largest absolute Gasteiger partial charge is 0.481 e. The van der Waals surface area contributed by atoms with Crippen molar-refractivity contribution in [3.8, 4) is 29.4 Å². The summed E-state index contributed by atoms with van der Waals surface area (Å²) in [5.41, 5.74) is 3.68. The third kappa shape index (κ3) is 4.18. The number of esters is 1. The van der Waals surface area contributed by atoms with E-state index in [4.69, 9.17) is 25.9 Å². The maximum Gasteiger partial charge on any atom is 0.361 e. The van der Waals surface area contributed by atoms with Gasteiger partial charge in [0.05, 0.1) is 29.2 Å². The molecule has 38 heavy (non-hydrogen) atoms. The maximum absolute atomic E-state index is 13.7. The van der Waals surface area contributed by atoms with E-state index in [-0.39, 0.29) is 13.2 Å². The van der Waals surface area contributed by atoms with Gasteiger partial charge in [-0.3, -0.25) is 0 Å². The van der Waals surface area contributed by atoms with Crippen LogP contribution in [0.4, 0.5) is 11.4 Å². The molecule has 0 fully saturated rings. The molecule has 1 aliphatic rings. The van der Waals surface area contributed by atoms with Crippen LogP contribution in [0.3, 0.4) is 0 Å². The molecule has 1 N–H and O–H groups in total. The molecule has 0 radical (unpaired) electrons. The standard InChI is InChI=1S/C31H30N4O3/c1-6-18-38-23-16-17-25-24(19-23)28(22-14-12-21(13-15-22)20(3)4)33-29(32-25)31(30(36)37-7-2)34-26-10-8-9-11-27(26)35(31)5/h1,8-17,19-20,34H,7,18H2,2-5H3. The van der Waals surface area contributed by atoms with Gasteiger partial charge in [-0.05, 0) is 48.7 Å². The van der Waals surface area contributed by atoms with Crippen molar-refractivity contribution >= 4 is 28.2 Å². The number of terminal acetylenes is 1. The minimum Gasteiger partial charge on any atom is -0.481 e. The Bertz CT molecular complexity index is 1540. The molecule has 1 aliphatic heterocycles. The topological polar surface area (TPSA) is 76.6 Å². The number of fused-ring (bicyclic) bond motifs is 2. The van der Waals surface area contributed by atoms with Crippen molar-refractivity contribution in [1.82, 2.24) is 9.97 Å². The summed E-state index contributed by atoms with van der Waals surface area (Å²) in [7, 11) is 1.84. The van der Waals surface area contributed by atoms with Crippen LogP contribution in [-0.2, 0) is 15.2 Å². The SMILES string of the molecule is C#CCOc1ccc2nc(C3(C(=O)OCC)Nc4ccccc4N3C)nc(-c3ccc(C(C)C)cc3)c2c1. The van der Waals surface area contributed by atoms with Crippen molar-refractivity contribution < 1.29 is 14.3 Å². The molecule has 0 amide bonds. The first-order chi connectivity index (χ1) is 18.4. The van der Waals surface area contributed by atoms with Gasteiger partial charge in [-0.25, -0.2) is 14.8 Å². The Morgan fingerprint density at radius 3 is 2.55 bits per heavy atom. The van der Waals surface area contributed by atoms with E-state index in [1.165, 1.54) is 5.56 Å². The van der Waals surface area contributed by atoms with Gasteiger partial charge < -0.3 is 19.7 Å². The molecule has 7 heteroatoms. The van der Waals surface area contributed by atoms with Gasteiger partial charge in [0.1, 0.15) is 12.4 Å². The predicted molar refractivity (Wildman–Crippen MR) is 150 cm³/mol. The van der Waals surface area contributed by atoms with Crippen molar-refractivity contribution in [2.24, 2.45) is 0 Å². The molecule has 192 valence electrons. The molecule has 4 aromatic rings. The van der Waals surface area contributed by atoms with E-state index in [1.807, 2.05) is 66.5 Å². The molecule has 0 bridgehead atoms. The lowest BCUT2D eigenvalue weighted by molar-refractivity contribution is -0.149. The number of carbonyl (C=O) groups excluding carboxylic acids is 1. The smallest absolute Gasteiger partial charge is 0.361 e. The number of anilines is 2. The highest BCUT2D eigenvalue weighted by atomic mass is 16.5. The number of benzene rings is 3. The fourth-order valence-electron chi connectivity index (χ4n) is 4.78. The summed E-state index contributed by atoms with van der Waals surface area (Å²) >= 11 is 0. The van der Waals surface area contributed by atoms with Crippen molar-refractivity contribution in [3.63, 3.8) is 0 Å². The Morgan fingerprint density at radius 2 is 1.87 bits per heavy atom. The van der Waals surface area contributed by atoms with Crippen LogP contribution in [0.1, 0.15) is 38.1 Å². The van der Waals surface area contributed by atoms with Crippen LogP contribution in [0.25, 0.3) is 22.2 Å². The van der Waals surface area contributed by atoms with Crippen LogP contribution < -0.4 is 15.0 Å². The van der Waals surface area contributed by atoms with Gasteiger partial charge >= 0.3 is 5.97 Å². The number of carbonyl (C=O) groups is 1. The summed E-state index contributed by atoms with van der Waals surface area (Å²) < 4.78 is 11.3. The highest BCUT2D eigenvalue weighted by Gasteiger charge is 2.54. The minimum atomic E-state index is -1.45. The number of hydrogen-bond acceptors (Lipinski definition) is 7. The Hall–Kier alpha value is -4.57. The van der Waals surface area contributed by atoms with Crippen LogP contribution in [0.5, 0.6) is 5.75 Å². The van der Waals surface area contributed by atoms with Crippen LogP contribution in [0, 0.1) is 12.3 Å². The molecule has 7 nitrogen and oxygen atoms in total. The number of para-hydroxylation sites is 2. The fraction of sp³-hybridized carbons (Fsp3) is 0.258. The predicted octanol–water partition coefficient (Wildman–Crippen LogP) is 5.71. The van der Waals surface area contributed by atoms with Gasteiger partial charge in [-0.2, -0.15) is 0 Å². The van der Waals surface area contributed by atoms with Crippen LogP contribution in [-0.4, -0.2) is 36.2 Å². The fourth-order valence-corrected chi connectivity index (χ4v) is 4.78. The third-order valence-electron chi connectivity index (χ3n) is 6.82. The van der Waals surface area contributed by atoms with E-state index in [0.29, 0.717) is 28.7 Å².